The predicted molar refractivity (Wildman–Crippen MR) is 69.5 cm³/mol. The Hall–Kier alpha value is -2.08. The molecule has 0 aliphatic rings. The molecule has 1 unspecified atom stereocenters. The van der Waals surface area contributed by atoms with E-state index >= 15 is 0 Å². The van der Waals surface area contributed by atoms with Crippen molar-refractivity contribution in [3.05, 3.63) is 28.8 Å². The smallest absolute Gasteiger partial charge is 0.321 e. The monoisotopic (exact) mass is 284 g/mol. The minimum atomic E-state index is -0.950. The fourth-order valence-corrected chi connectivity index (χ4v) is 1.46. The van der Waals surface area contributed by atoms with Gasteiger partial charge in [-0.05, 0) is 19.1 Å². The van der Waals surface area contributed by atoms with Crippen LogP contribution in [-0.2, 0) is 4.79 Å². The molecule has 1 aromatic carbocycles. The molecule has 2 N–H and O–H groups in total. The zero-order valence-electron chi connectivity index (χ0n) is 10.4. The van der Waals surface area contributed by atoms with Crippen molar-refractivity contribution in [1.29, 1.82) is 0 Å². The van der Waals surface area contributed by atoms with E-state index < -0.39 is 18.0 Å². The number of amides is 3. The number of ether oxygens (including phenoxy) is 1. The van der Waals surface area contributed by atoms with Gasteiger partial charge in [-0.1, -0.05) is 17.7 Å². The lowest BCUT2D eigenvalue weighted by atomic mass is 10.2. The molecule has 0 aliphatic carbocycles. The zero-order valence-corrected chi connectivity index (χ0v) is 11.2. The number of aldehydes is 1. The highest BCUT2D eigenvalue weighted by Gasteiger charge is 2.18. The van der Waals surface area contributed by atoms with Gasteiger partial charge in [0, 0.05) is 7.05 Å². The van der Waals surface area contributed by atoms with Crippen molar-refractivity contribution in [2.75, 3.05) is 7.05 Å². The molecular weight excluding hydrogens is 272 g/mol. The Kier molecular flexibility index (Phi) is 5.32. The van der Waals surface area contributed by atoms with Crippen LogP contribution in [0.2, 0.25) is 5.02 Å². The third kappa shape index (κ3) is 3.96. The van der Waals surface area contributed by atoms with Crippen LogP contribution < -0.4 is 15.4 Å². The first kappa shape index (κ1) is 15.0. The highest BCUT2D eigenvalue weighted by Crippen LogP contribution is 2.25. The summed E-state index contributed by atoms with van der Waals surface area (Å²) in [5.41, 5.74) is 0.156. The lowest BCUT2D eigenvalue weighted by Gasteiger charge is -2.15. The van der Waals surface area contributed by atoms with Gasteiger partial charge in [-0.3, -0.25) is 14.9 Å². The van der Waals surface area contributed by atoms with E-state index in [0.29, 0.717) is 6.29 Å². The van der Waals surface area contributed by atoms with Crippen molar-refractivity contribution in [3.63, 3.8) is 0 Å². The predicted octanol–water partition coefficient (Wildman–Crippen LogP) is 1.38. The van der Waals surface area contributed by atoms with E-state index in [1.807, 2.05) is 0 Å². The lowest BCUT2D eigenvalue weighted by molar-refractivity contribution is -0.126. The maximum absolute atomic E-state index is 11.6. The molecule has 0 radical (unpaired) electrons. The van der Waals surface area contributed by atoms with Crippen LogP contribution in [0.25, 0.3) is 0 Å². The van der Waals surface area contributed by atoms with E-state index in [1.54, 1.807) is 6.07 Å². The molecule has 0 spiro atoms. The number of nitrogens with one attached hydrogen (secondary N) is 2. The van der Waals surface area contributed by atoms with Gasteiger partial charge in [0.15, 0.2) is 12.4 Å². The van der Waals surface area contributed by atoms with Gasteiger partial charge in [-0.25, -0.2) is 4.79 Å². The fourth-order valence-electron chi connectivity index (χ4n) is 1.25. The van der Waals surface area contributed by atoms with Crippen molar-refractivity contribution in [1.82, 2.24) is 10.6 Å². The second-order valence-electron chi connectivity index (χ2n) is 3.60. The van der Waals surface area contributed by atoms with Crippen LogP contribution in [0.4, 0.5) is 4.79 Å². The van der Waals surface area contributed by atoms with E-state index in [2.05, 4.69) is 10.6 Å². The van der Waals surface area contributed by atoms with Crippen molar-refractivity contribution in [2.45, 2.75) is 13.0 Å². The molecule has 0 fully saturated rings. The Morgan fingerprint density at radius 3 is 2.68 bits per heavy atom. The number of carbonyl (C=O) groups is 3. The Labute approximate surface area is 115 Å². The number of hydrogen-bond acceptors (Lipinski definition) is 4. The van der Waals surface area contributed by atoms with E-state index in [9.17, 15) is 14.4 Å². The van der Waals surface area contributed by atoms with Gasteiger partial charge in [0.25, 0.3) is 5.91 Å². The lowest BCUT2D eigenvalue weighted by Crippen LogP contribution is -2.44. The molecule has 1 aromatic rings. The molecular formula is C12H13ClN2O4. The number of imide groups is 1. The zero-order chi connectivity index (χ0) is 14.4. The van der Waals surface area contributed by atoms with Gasteiger partial charge in [0.05, 0.1) is 10.6 Å². The molecule has 3 amide bonds. The minimum absolute atomic E-state index is 0.156. The molecule has 0 saturated carbocycles. The van der Waals surface area contributed by atoms with Crippen LogP contribution in [0.3, 0.4) is 0 Å². The molecule has 0 heterocycles. The fraction of sp³-hybridized carbons (Fsp3) is 0.250. The Balaban J connectivity index is 2.79. The maximum Gasteiger partial charge on any atom is 0.321 e. The third-order valence-electron chi connectivity index (χ3n) is 2.27. The highest BCUT2D eigenvalue weighted by molar-refractivity contribution is 6.33. The van der Waals surface area contributed by atoms with Crippen LogP contribution >= 0.6 is 11.6 Å². The van der Waals surface area contributed by atoms with Gasteiger partial charge in [-0.2, -0.15) is 0 Å². The number of rotatable bonds is 4. The molecule has 0 aromatic heterocycles. The highest BCUT2D eigenvalue weighted by atomic mass is 35.5. The van der Waals surface area contributed by atoms with Gasteiger partial charge in [0.1, 0.15) is 5.75 Å². The van der Waals surface area contributed by atoms with Crippen LogP contribution in [0.5, 0.6) is 5.75 Å². The van der Waals surface area contributed by atoms with E-state index in [-0.39, 0.29) is 16.3 Å². The van der Waals surface area contributed by atoms with Gasteiger partial charge in [-0.15, -0.1) is 0 Å². The molecule has 19 heavy (non-hydrogen) atoms. The SMILES string of the molecule is CNC(=O)NC(=O)C(C)Oc1cccc(Cl)c1C=O. The summed E-state index contributed by atoms with van der Waals surface area (Å²) in [6.45, 7) is 1.45. The Bertz CT molecular complexity index is 505. The maximum atomic E-state index is 11.6. The Morgan fingerprint density at radius 1 is 1.42 bits per heavy atom. The number of carbonyl (C=O) groups excluding carboxylic acids is 3. The number of halogens is 1. The van der Waals surface area contributed by atoms with Crippen LogP contribution in [0, 0.1) is 0 Å². The molecule has 0 bridgehead atoms. The van der Waals surface area contributed by atoms with Crippen molar-refractivity contribution >= 4 is 29.8 Å². The van der Waals surface area contributed by atoms with Crippen LogP contribution in [0.15, 0.2) is 18.2 Å². The summed E-state index contributed by atoms with van der Waals surface area (Å²) in [7, 11) is 1.38. The summed E-state index contributed by atoms with van der Waals surface area (Å²) in [5, 5.41) is 4.54. The molecule has 1 atom stereocenters. The van der Waals surface area contributed by atoms with Crippen molar-refractivity contribution < 1.29 is 19.1 Å². The first-order chi connectivity index (χ1) is 8.99. The van der Waals surface area contributed by atoms with Crippen molar-refractivity contribution in [3.8, 4) is 5.75 Å². The molecule has 7 heteroatoms. The summed E-state index contributed by atoms with van der Waals surface area (Å²) < 4.78 is 5.32. The van der Waals surface area contributed by atoms with Gasteiger partial charge >= 0.3 is 6.03 Å². The summed E-state index contributed by atoms with van der Waals surface area (Å²) in [4.78, 5) is 33.5. The first-order valence-corrected chi connectivity index (χ1v) is 5.80. The molecule has 6 nitrogen and oxygen atoms in total. The first-order valence-electron chi connectivity index (χ1n) is 5.42. The van der Waals surface area contributed by atoms with E-state index in [1.165, 1.54) is 26.1 Å². The topological polar surface area (TPSA) is 84.5 Å². The number of hydrogen-bond donors (Lipinski definition) is 2. The van der Waals surface area contributed by atoms with Crippen molar-refractivity contribution in [2.24, 2.45) is 0 Å². The summed E-state index contributed by atoms with van der Waals surface area (Å²) in [6.07, 6.45) is -0.407. The number of urea groups is 1. The van der Waals surface area contributed by atoms with Gasteiger partial charge in [0.2, 0.25) is 0 Å². The van der Waals surface area contributed by atoms with E-state index in [4.69, 9.17) is 16.3 Å². The quantitative estimate of drug-likeness (QED) is 0.818. The number of benzene rings is 1. The standard InChI is InChI=1S/C12H13ClN2O4/c1-7(11(17)15-12(18)14-2)19-10-5-3-4-9(13)8(10)6-16/h3-7H,1-2H3,(H2,14,15,17,18). The van der Waals surface area contributed by atoms with Gasteiger partial charge < -0.3 is 10.1 Å². The Morgan fingerprint density at radius 2 is 2.11 bits per heavy atom. The van der Waals surface area contributed by atoms with Crippen LogP contribution in [0.1, 0.15) is 17.3 Å². The second-order valence-corrected chi connectivity index (χ2v) is 4.01. The molecule has 102 valence electrons. The molecule has 1 rings (SSSR count). The summed E-state index contributed by atoms with van der Waals surface area (Å²) in [5.74, 6) is -0.446. The second kappa shape index (κ2) is 6.75. The summed E-state index contributed by atoms with van der Waals surface area (Å²) >= 11 is 5.82. The normalized spacial score (nSPS) is 11.3. The average molecular weight is 285 g/mol. The average Bonchev–Trinajstić information content (AvgIpc) is 2.38. The molecule has 0 aliphatic heterocycles. The minimum Gasteiger partial charge on any atom is -0.480 e. The van der Waals surface area contributed by atoms with E-state index in [0.717, 1.165) is 0 Å². The third-order valence-corrected chi connectivity index (χ3v) is 2.60. The summed E-state index contributed by atoms with van der Waals surface area (Å²) in [6, 6.07) is 4.00. The largest absolute Gasteiger partial charge is 0.480 e. The molecule has 0 saturated heterocycles. The van der Waals surface area contributed by atoms with Crippen LogP contribution in [-0.4, -0.2) is 31.4 Å².